The first-order valence-corrected chi connectivity index (χ1v) is 23.5. The molecule has 2 aromatic heterocycles. The van der Waals surface area contributed by atoms with Gasteiger partial charge in [-0.15, -0.1) is 53.8 Å². The third kappa shape index (κ3) is 9.41. The zero-order valence-electron chi connectivity index (χ0n) is 42.8. The smallest absolute Gasteiger partial charge is 0.509 e. The molecular weight excluding hydrogens is 1010 g/mol. The fourth-order valence-electron chi connectivity index (χ4n) is 9.23. The Kier molecular flexibility index (Phi) is 13.3. The Labute approximate surface area is 421 Å². The minimum atomic E-state index is -0.209. The molecule has 5 nitrogen and oxygen atoms in total. The number of ether oxygens (including phenoxy) is 1. The summed E-state index contributed by atoms with van der Waals surface area (Å²) in [6.07, 6.45) is 1.93. The van der Waals surface area contributed by atoms with Crippen LogP contribution in [-0.2, 0) is 48.1 Å². The van der Waals surface area contributed by atoms with Crippen molar-refractivity contribution in [3.05, 3.63) is 193 Å². The first-order chi connectivity index (χ1) is 31.0. The summed E-state index contributed by atoms with van der Waals surface area (Å²) in [5.41, 5.74) is 12.9. The Morgan fingerprint density at radius 3 is 1.82 bits per heavy atom. The molecule has 3 heterocycles. The van der Waals surface area contributed by atoms with Crippen LogP contribution in [0.25, 0.3) is 27.6 Å². The van der Waals surface area contributed by atoms with E-state index in [9.17, 15) is 0 Å². The summed E-state index contributed by atoms with van der Waals surface area (Å²) >= 11 is 0. The predicted molar refractivity (Wildman–Crippen MR) is 284 cm³/mol. The van der Waals surface area contributed by atoms with Gasteiger partial charge in [0, 0.05) is 45.7 Å². The summed E-state index contributed by atoms with van der Waals surface area (Å²) in [5, 5.41) is 2.33. The van der Waals surface area contributed by atoms with E-state index in [1.54, 1.807) is 0 Å². The molecule has 1 aliphatic heterocycles. The first kappa shape index (κ1) is 50.2. The van der Waals surface area contributed by atoms with Gasteiger partial charge in [0.2, 0.25) is 0 Å². The van der Waals surface area contributed by atoms with Gasteiger partial charge in [-0.2, -0.15) is 0 Å². The summed E-state index contributed by atoms with van der Waals surface area (Å²) in [6, 6.07) is 53.8. The summed E-state index contributed by atoms with van der Waals surface area (Å²) in [6.45, 7) is 34.0. The van der Waals surface area contributed by atoms with Crippen molar-refractivity contribution in [2.24, 2.45) is 0 Å². The molecule has 0 amide bonds. The van der Waals surface area contributed by atoms with Crippen molar-refractivity contribution in [2.75, 3.05) is 9.80 Å². The summed E-state index contributed by atoms with van der Waals surface area (Å²) in [7, 11) is 0. The van der Waals surface area contributed by atoms with Crippen LogP contribution in [0.1, 0.15) is 130 Å². The molecule has 1 aliphatic rings. The molecule has 6 heteroatoms. The fraction of sp³-hybridized carbons (Fsp3) is 0.306. The van der Waals surface area contributed by atoms with Crippen molar-refractivity contribution >= 4 is 44.6 Å². The average Bonchev–Trinajstić information content (AvgIpc) is 3.81. The normalized spacial score (nSPS) is 13.4. The van der Waals surface area contributed by atoms with Crippen LogP contribution in [0.2, 0.25) is 0 Å². The van der Waals surface area contributed by atoms with E-state index in [2.05, 4.69) is 257 Å². The van der Waals surface area contributed by atoms with Gasteiger partial charge in [-0.05, 0) is 91.8 Å². The number of hydrogen-bond acceptors (Lipinski definition) is 4. The van der Waals surface area contributed by atoms with E-state index in [0.717, 1.165) is 50.6 Å². The number of aromatic nitrogens is 2. The molecule has 6 aromatic carbocycles. The van der Waals surface area contributed by atoms with Gasteiger partial charge in [-0.1, -0.05) is 175 Å². The minimum absolute atomic E-state index is 0. The SMILES string of the molecule is CC(C)(C)c1cc(Oc2[c-]c3c(c(C(C)(C)C)c2)c2ccccc2n3-c2cc(C(C)(C)C)ccn2)[c-]c(N2[CH-]N(c3cccc(C(C)(C)c4ccccc4)c3)c3ccc(C(C)(C)C)cc32)c1.[CH3-].[Pt+4]. The molecule has 0 saturated carbocycles. The number of nitrogens with zero attached hydrogens (tertiary/aromatic N) is 4. The van der Waals surface area contributed by atoms with Gasteiger partial charge in [-0.3, -0.25) is 0 Å². The molecule has 0 fully saturated rings. The Hall–Kier alpha value is -5.64. The molecule has 0 atom stereocenters. The summed E-state index contributed by atoms with van der Waals surface area (Å²) in [5.74, 6) is 2.13. The van der Waals surface area contributed by atoms with Crippen LogP contribution in [0.3, 0.4) is 0 Å². The van der Waals surface area contributed by atoms with Crippen molar-refractivity contribution < 1.29 is 25.8 Å². The molecular formula is C62H68N4OPt. The van der Waals surface area contributed by atoms with Crippen LogP contribution in [0, 0.1) is 26.2 Å². The monoisotopic (exact) mass is 1080 g/mol. The van der Waals surface area contributed by atoms with Crippen LogP contribution in [-0.4, -0.2) is 9.55 Å². The molecule has 0 spiro atoms. The second-order valence-electron chi connectivity index (χ2n) is 22.8. The second-order valence-corrected chi connectivity index (χ2v) is 22.8. The molecule has 0 bridgehead atoms. The van der Waals surface area contributed by atoms with E-state index < -0.39 is 0 Å². The van der Waals surface area contributed by atoms with Gasteiger partial charge >= 0.3 is 21.1 Å². The Bertz CT molecular complexity index is 3120. The maximum atomic E-state index is 7.10. The molecule has 352 valence electrons. The molecule has 0 radical (unpaired) electrons. The van der Waals surface area contributed by atoms with E-state index in [1.807, 2.05) is 6.20 Å². The molecule has 0 saturated heterocycles. The molecule has 0 unspecified atom stereocenters. The van der Waals surface area contributed by atoms with Gasteiger partial charge in [0.1, 0.15) is 5.82 Å². The number of fused-ring (bicyclic) bond motifs is 4. The second kappa shape index (κ2) is 18.0. The van der Waals surface area contributed by atoms with E-state index in [1.165, 1.54) is 33.2 Å². The Morgan fingerprint density at radius 2 is 1.15 bits per heavy atom. The fourth-order valence-corrected chi connectivity index (χ4v) is 9.23. The maximum absolute atomic E-state index is 7.10. The molecule has 68 heavy (non-hydrogen) atoms. The molecule has 0 N–H and O–H groups in total. The van der Waals surface area contributed by atoms with Gasteiger partial charge in [-0.25, -0.2) is 4.98 Å². The number of anilines is 4. The van der Waals surface area contributed by atoms with E-state index >= 15 is 0 Å². The van der Waals surface area contributed by atoms with Crippen molar-refractivity contribution in [3.8, 4) is 17.3 Å². The van der Waals surface area contributed by atoms with Crippen molar-refractivity contribution in [1.82, 2.24) is 9.55 Å². The summed E-state index contributed by atoms with van der Waals surface area (Å²) in [4.78, 5) is 9.59. The number of para-hydroxylation sites is 1. The van der Waals surface area contributed by atoms with Gasteiger partial charge in [0.15, 0.2) is 0 Å². The third-order valence-electron chi connectivity index (χ3n) is 13.4. The van der Waals surface area contributed by atoms with E-state index in [-0.39, 0.29) is 55.6 Å². The number of benzene rings is 6. The maximum Gasteiger partial charge on any atom is 4.00 e. The number of hydrogen-bond donors (Lipinski definition) is 0. The number of rotatable bonds is 7. The predicted octanol–water partition coefficient (Wildman–Crippen LogP) is 16.9. The number of pyridine rings is 1. The van der Waals surface area contributed by atoms with Gasteiger partial charge in [0.05, 0.1) is 0 Å². The molecule has 0 aliphatic carbocycles. The Balaban J connectivity index is 0.00000342. The first-order valence-electron chi connectivity index (χ1n) is 23.5. The average molecular weight is 1080 g/mol. The van der Waals surface area contributed by atoms with Crippen LogP contribution >= 0.6 is 0 Å². The standard InChI is InChI=1S/C61H65N4O.CH3.Pt/c1-57(2,3)41-27-28-52-53(34-41)64(39-63(52)45-24-20-23-43(31-45)61(13,14)40-21-16-15-17-22-40)46-32-44(59(7,8)9)33-47(36-46)66-48-37-50(60(10,11)12)56-49-25-18-19-26-51(49)65(54(56)38-48)55-35-42(29-30-62-55)58(4,5)6;;/h15-35,37,39H,1-14H3;1H3;/q-3;-1;+4. The third-order valence-corrected chi connectivity index (χ3v) is 13.4. The summed E-state index contributed by atoms with van der Waals surface area (Å²) < 4.78 is 9.36. The van der Waals surface area contributed by atoms with Crippen LogP contribution in [0.5, 0.6) is 11.5 Å². The van der Waals surface area contributed by atoms with Crippen molar-refractivity contribution in [3.63, 3.8) is 0 Å². The van der Waals surface area contributed by atoms with Gasteiger partial charge in [0.25, 0.3) is 0 Å². The van der Waals surface area contributed by atoms with E-state index in [4.69, 9.17) is 9.72 Å². The van der Waals surface area contributed by atoms with Gasteiger partial charge < -0.3 is 26.5 Å². The zero-order valence-corrected chi connectivity index (χ0v) is 45.1. The van der Waals surface area contributed by atoms with Crippen LogP contribution < -0.4 is 14.5 Å². The minimum Gasteiger partial charge on any atom is -0.509 e. The van der Waals surface area contributed by atoms with Crippen molar-refractivity contribution in [2.45, 2.75) is 124 Å². The van der Waals surface area contributed by atoms with Crippen LogP contribution in [0.4, 0.5) is 22.7 Å². The molecule has 8 aromatic rings. The molecule has 9 rings (SSSR count). The topological polar surface area (TPSA) is 33.5 Å². The van der Waals surface area contributed by atoms with Crippen LogP contribution in [0.15, 0.2) is 134 Å². The van der Waals surface area contributed by atoms with Crippen molar-refractivity contribution in [1.29, 1.82) is 0 Å². The zero-order chi connectivity index (χ0) is 47.1. The quantitative estimate of drug-likeness (QED) is 0.149. The van der Waals surface area contributed by atoms with E-state index in [0.29, 0.717) is 11.5 Å². The Morgan fingerprint density at radius 1 is 0.515 bits per heavy atom. The largest absolute Gasteiger partial charge is 4.00 e.